The zero-order chi connectivity index (χ0) is 17.6. The number of hydrogen-bond donors (Lipinski definition) is 1. The van der Waals surface area contributed by atoms with Crippen molar-refractivity contribution in [3.8, 4) is 0 Å². The summed E-state index contributed by atoms with van der Waals surface area (Å²) in [5.41, 5.74) is 2.50. The number of oxazole rings is 1. The number of rotatable bonds is 7. The fraction of sp³-hybridized carbons (Fsp3) is 0.571. The molecule has 0 radical (unpaired) electrons. The van der Waals surface area contributed by atoms with Gasteiger partial charge in [-0.2, -0.15) is 0 Å². The standard InChI is InChI=1S/C21H31N3O/c1-16(2)21-20(23-15-25-21)14-22-19-9-11-24(12-10-19)17(3)13-18-7-5-4-6-8-18/h4-8,15-17,19,22H,9-14H2,1-3H3. The Kier molecular flexibility index (Phi) is 6.27. The van der Waals surface area contributed by atoms with Gasteiger partial charge in [-0.1, -0.05) is 44.2 Å². The van der Waals surface area contributed by atoms with Crippen molar-refractivity contribution in [2.24, 2.45) is 0 Å². The third-order valence-corrected chi connectivity index (χ3v) is 5.28. The van der Waals surface area contributed by atoms with E-state index in [1.807, 2.05) is 0 Å². The van der Waals surface area contributed by atoms with Gasteiger partial charge in [0.1, 0.15) is 5.76 Å². The average molecular weight is 341 g/mol. The van der Waals surface area contributed by atoms with Crippen LogP contribution in [0.2, 0.25) is 0 Å². The highest BCUT2D eigenvalue weighted by Gasteiger charge is 2.23. The lowest BCUT2D eigenvalue weighted by atomic mass is 10.00. The second-order valence-electron chi connectivity index (χ2n) is 7.55. The van der Waals surface area contributed by atoms with Gasteiger partial charge < -0.3 is 14.6 Å². The molecule has 0 spiro atoms. The minimum atomic E-state index is 0.389. The van der Waals surface area contributed by atoms with Crippen LogP contribution in [0.25, 0.3) is 0 Å². The first-order valence-electron chi connectivity index (χ1n) is 9.57. The Morgan fingerprint density at radius 1 is 1.16 bits per heavy atom. The molecule has 1 aliphatic heterocycles. The molecule has 1 aliphatic rings. The fourth-order valence-corrected chi connectivity index (χ4v) is 3.75. The second kappa shape index (κ2) is 8.63. The third kappa shape index (κ3) is 4.93. The molecule has 25 heavy (non-hydrogen) atoms. The Balaban J connectivity index is 1.43. The third-order valence-electron chi connectivity index (χ3n) is 5.28. The molecule has 0 bridgehead atoms. The van der Waals surface area contributed by atoms with E-state index in [0.29, 0.717) is 18.0 Å². The number of piperidine rings is 1. The monoisotopic (exact) mass is 341 g/mol. The number of nitrogens with zero attached hydrogens (tertiary/aromatic N) is 2. The van der Waals surface area contributed by atoms with E-state index in [-0.39, 0.29) is 0 Å². The zero-order valence-electron chi connectivity index (χ0n) is 15.7. The average Bonchev–Trinajstić information content (AvgIpc) is 3.10. The molecule has 1 unspecified atom stereocenters. The summed E-state index contributed by atoms with van der Waals surface area (Å²) in [6.45, 7) is 9.80. The van der Waals surface area contributed by atoms with E-state index < -0.39 is 0 Å². The molecule has 0 aliphatic carbocycles. The number of hydrogen-bond acceptors (Lipinski definition) is 4. The molecular formula is C21H31N3O. The quantitative estimate of drug-likeness (QED) is 0.827. The summed E-state index contributed by atoms with van der Waals surface area (Å²) in [6.07, 6.45) is 5.11. The van der Waals surface area contributed by atoms with Crippen LogP contribution < -0.4 is 5.32 Å². The maximum atomic E-state index is 5.51. The topological polar surface area (TPSA) is 41.3 Å². The van der Waals surface area contributed by atoms with E-state index in [9.17, 15) is 0 Å². The van der Waals surface area contributed by atoms with E-state index in [2.05, 4.69) is 66.3 Å². The molecule has 3 rings (SSSR count). The first-order chi connectivity index (χ1) is 12.1. The van der Waals surface area contributed by atoms with E-state index >= 15 is 0 Å². The SMILES string of the molecule is CC(C)c1ocnc1CNC1CCN(C(C)Cc2ccccc2)CC1. The summed E-state index contributed by atoms with van der Waals surface area (Å²) in [4.78, 5) is 7.00. The molecule has 0 saturated carbocycles. The highest BCUT2D eigenvalue weighted by molar-refractivity contribution is 5.16. The van der Waals surface area contributed by atoms with Crippen LogP contribution >= 0.6 is 0 Å². The van der Waals surface area contributed by atoms with Crippen molar-refractivity contribution in [3.63, 3.8) is 0 Å². The lowest BCUT2D eigenvalue weighted by Crippen LogP contribution is -2.46. The molecular weight excluding hydrogens is 310 g/mol. The largest absolute Gasteiger partial charge is 0.448 e. The molecule has 1 aromatic heterocycles. The maximum absolute atomic E-state index is 5.51. The summed E-state index contributed by atoms with van der Waals surface area (Å²) in [5, 5.41) is 3.68. The van der Waals surface area contributed by atoms with E-state index in [1.165, 1.54) is 31.5 Å². The Labute approximate surface area is 151 Å². The Hall–Kier alpha value is -1.65. The molecule has 136 valence electrons. The minimum Gasteiger partial charge on any atom is -0.448 e. The van der Waals surface area contributed by atoms with Crippen molar-refractivity contribution in [1.82, 2.24) is 15.2 Å². The Morgan fingerprint density at radius 3 is 2.56 bits per heavy atom. The summed E-state index contributed by atoms with van der Waals surface area (Å²) in [5.74, 6) is 1.40. The van der Waals surface area contributed by atoms with E-state index in [1.54, 1.807) is 6.39 Å². The van der Waals surface area contributed by atoms with Gasteiger partial charge in [0.2, 0.25) is 0 Å². The molecule has 1 saturated heterocycles. The van der Waals surface area contributed by atoms with Crippen molar-refractivity contribution >= 4 is 0 Å². The van der Waals surface area contributed by atoms with Crippen molar-refractivity contribution < 1.29 is 4.42 Å². The van der Waals surface area contributed by atoms with Crippen molar-refractivity contribution in [1.29, 1.82) is 0 Å². The molecule has 1 N–H and O–H groups in total. The highest BCUT2D eigenvalue weighted by Crippen LogP contribution is 2.20. The molecule has 2 heterocycles. The van der Waals surface area contributed by atoms with E-state index in [0.717, 1.165) is 24.4 Å². The molecule has 1 fully saturated rings. The summed E-state index contributed by atoms with van der Waals surface area (Å²) in [7, 11) is 0. The lowest BCUT2D eigenvalue weighted by Gasteiger charge is -2.36. The maximum Gasteiger partial charge on any atom is 0.181 e. The number of nitrogens with one attached hydrogen (secondary N) is 1. The summed E-state index contributed by atoms with van der Waals surface area (Å²) >= 11 is 0. The summed E-state index contributed by atoms with van der Waals surface area (Å²) < 4.78 is 5.51. The van der Waals surface area contributed by atoms with Gasteiger partial charge in [0.15, 0.2) is 6.39 Å². The number of benzene rings is 1. The van der Waals surface area contributed by atoms with Crippen molar-refractivity contribution in [2.75, 3.05) is 13.1 Å². The molecule has 1 atom stereocenters. The fourth-order valence-electron chi connectivity index (χ4n) is 3.75. The number of likely N-dealkylation sites (tertiary alicyclic amines) is 1. The second-order valence-corrected chi connectivity index (χ2v) is 7.55. The smallest absolute Gasteiger partial charge is 0.181 e. The van der Waals surface area contributed by atoms with Gasteiger partial charge in [0.25, 0.3) is 0 Å². The van der Waals surface area contributed by atoms with Crippen LogP contribution in [0.1, 0.15) is 56.5 Å². The first kappa shape index (κ1) is 18.2. The minimum absolute atomic E-state index is 0.389. The number of aromatic nitrogens is 1. The molecule has 4 nitrogen and oxygen atoms in total. The zero-order valence-corrected chi connectivity index (χ0v) is 15.7. The lowest BCUT2D eigenvalue weighted by molar-refractivity contribution is 0.151. The Bertz CT molecular complexity index is 630. The van der Waals surface area contributed by atoms with Gasteiger partial charge in [-0.25, -0.2) is 4.98 Å². The van der Waals surface area contributed by atoms with E-state index in [4.69, 9.17) is 4.42 Å². The van der Waals surface area contributed by atoms with Gasteiger partial charge in [-0.15, -0.1) is 0 Å². The van der Waals surface area contributed by atoms with Crippen molar-refractivity contribution in [2.45, 2.75) is 64.6 Å². The normalized spacial score (nSPS) is 17.9. The van der Waals surface area contributed by atoms with Gasteiger partial charge >= 0.3 is 0 Å². The Morgan fingerprint density at radius 2 is 1.88 bits per heavy atom. The van der Waals surface area contributed by atoms with Crippen LogP contribution in [-0.2, 0) is 13.0 Å². The molecule has 4 heteroatoms. The van der Waals surface area contributed by atoms with Gasteiger partial charge in [0.05, 0.1) is 5.69 Å². The molecule has 1 aromatic carbocycles. The van der Waals surface area contributed by atoms with Crippen LogP contribution in [0.15, 0.2) is 41.1 Å². The van der Waals surface area contributed by atoms with Gasteiger partial charge in [0, 0.05) is 24.5 Å². The van der Waals surface area contributed by atoms with Crippen LogP contribution in [0.5, 0.6) is 0 Å². The van der Waals surface area contributed by atoms with Gasteiger partial charge in [-0.3, -0.25) is 0 Å². The predicted molar refractivity (Wildman–Crippen MR) is 102 cm³/mol. The van der Waals surface area contributed by atoms with Crippen LogP contribution in [0.4, 0.5) is 0 Å². The molecule has 0 amide bonds. The van der Waals surface area contributed by atoms with Crippen LogP contribution in [-0.4, -0.2) is 35.1 Å². The van der Waals surface area contributed by atoms with Crippen molar-refractivity contribution in [3.05, 3.63) is 53.7 Å². The predicted octanol–water partition coefficient (Wildman–Crippen LogP) is 3.98. The first-order valence-corrected chi connectivity index (χ1v) is 9.57. The summed E-state index contributed by atoms with van der Waals surface area (Å²) in [6, 6.07) is 12.0. The van der Waals surface area contributed by atoms with Crippen LogP contribution in [0.3, 0.4) is 0 Å². The highest BCUT2D eigenvalue weighted by atomic mass is 16.3. The van der Waals surface area contributed by atoms with Gasteiger partial charge in [-0.05, 0) is 44.8 Å². The van der Waals surface area contributed by atoms with Crippen LogP contribution in [0, 0.1) is 0 Å². The molecule has 2 aromatic rings.